The number of aliphatic hydroxyl groups is 1. The fraction of sp³-hybridized carbons (Fsp3) is 0.438. The molecule has 114 valence electrons. The number of aliphatic hydroxyl groups excluding tert-OH is 1. The fourth-order valence-corrected chi connectivity index (χ4v) is 2.11. The van der Waals surface area contributed by atoms with Gasteiger partial charge < -0.3 is 19.6 Å². The third-order valence-electron chi connectivity index (χ3n) is 3.47. The van der Waals surface area contributed by atoms with E-state index < -0.39 is 0 Å². The molecule has 0 aliphatic heterocycles. The number of fused-ring (bicyclic) bond motifs is 1. The zero-order valence-electron chi connectivity index (χ0n) is 12.6. The van der Waals surface area contributed by atoms with Crippen LogP contribution in [0.2, 0.25) is 0 Å². The van der Waals surface area contributed by atoms with Crippen LogP contribution < -0.4 is 10.1 Å². The summed E-state index contributed by atoms with van der Waals surface area (Å²) in [6.07, 6.45) is 0.626. The molecule has 0 saturated heterocycles. The van der Waals surface area contributed by atoms with Crippen molar-refractivity contribution in [3.05, 3.63) is 30.0 Å². The Morgan fingerprint density at radius 3 is 2.86 bits per heavy atom. The molecule has 0 fully saturated rings. The zero-order valence-corrected chi connectivity index (χ0v) is 12.6. The minimum Gasteiger partial charge on any atom is -0.493 e. The summed E-state index contributed by atoms with van der Waals surface area (Å²) in [7, 11) is 1.56. The number of benzene rings is 1. The molecular weight excluding hydrogens is 270 g/mol. The van der Waals surface area contributed by atoms with Gasteiger partial charge in [-0.25, -0.2) is 0 Å². The largest absolute Gasteiger partial charge is 0.493 e. The summed E-state index contributed by atoms with van der Waals surface area (Å²) < 4.78 is 10.8. The van der Waals surface area contributed by atoms with E-state index in [4.69, 9.17) is 14.3 Å². The van der Waals surface area contributed by atoms with Gasteiger partial charge in [-0.15, -0.1) is 0 Å². The lowest BCUT2D eigenvalue weighted by Gasteiger charge is -2.23. The van der Waals surface area contributed by atoms with Crippen molar-refractivity contribution in [2.24, 2.45) is 5.41 Å². The van der Waals surface area contributed by atoms with Gasteiger partial charge in [-0.3, -0.25) is 4.79 Å². The molecule has 5 nitrogen and oxygen atoms in total. The van der Waals surface area contributed by atoms with Crippen molar-refractivity contribution in [1.82, 2.24) is 5.32 Å². The smallest absolute Gasteiger partial charge is 0.287 e. The number of furan rings is 1. The highest BCUT2D eigenvalue weighted by molar-refractivity contribution is 5.97. The average Bonchev–Trinajstić information content (AvgIpc) is 2.88. The molecule has 0 saturated carbocycles. The highest BCUT2D eigenvalue weighted by atomic mass is 16.5. The lowest BCUT2D eigenvalue weighted by Crippen LogP contribution is -2.34. The van der Waals surface area contributed by atoms with E-state index >= 15 is 0 Å². The van der Waals surface area contributed by atoms with E-state index in [9.17, 15) is 4.79 Å². The summed E-state index contributed by atoms with van der Waals surface area (Å²) >= 11 is 0. The Balaban J connectivity index is 2.13. The second kappa shape index (κ2) is 6.18. The third kappa shape index (κ3) is 3.55. The monoisotopic (exact) mass is 291 g/mol. The van der Waals surface area contributed by atoms with E-state index in [-0.39, 0.29) is 23.7 Å². The van der Waals surface area contributed by atoms with Crippen LogP contribution in [0.4, 0.5) is 0 Å². The number of hydrogen-bond donors (Lipinski definition) is 2. The molecule has 0 radical (unpaired) electrons. The molecule has 2 N–H and O–H groups in total. The van der Waals surface area contributed by atoms with Gasteiger partial charge in [-0.1, -0.05) is 26.0 Å². The van der Waals surface area contributed by atoms with Crippen molar-refractivity contribution in [3.63, 3.8) is 0 Å². The van der Waals surface area contributed by atoms with Crippen LogP contribution in [0, 0.1) is 5.41 Å². The van der Waals surface area contributed by atoms with E-state index in [1.54, 1.807) is 19.2 Å². The van der Waals surface area contributed by atoms with Gasteiger partial charge >= 0.3 is 0 Å². The second-order valence-corrected chi connectivity index (χ2v) is 5.81. The lowest BCUT2D eigenvalue weighted by atomic mass is 9.90. The van der Waals surface area contributed by atoms with Gasteiger partial charge in [0.1, 0.15) is 0 Å². The van der Waals surface area contributed by atoms with Crippen LogP contribution in [0.15, 0.2) is 28.7 Å². The molecule has 1 aromatic carbocycles. The number of methoxy groups -OCH3 is 1. The highest BCUT2D eigenvalue weighted by Crippen LogP contribution is 2.28. The molecule has 0 unspecified atom stereocenters. The molecule has 0 aliphatic carbocycles. The molecule has 0 spiro atoms. The maximum absolute atomic E-state index is 12.2. The summed E-state index contributed by atoms with van der Waals surface area (Å²) in [4.78, 5) is 12.2. The van der Waals surface area contributed by atoms with E-state index in [2.05, 4.69) is 5.32 Å². The van der Waals surface area contributed by atoms with Crippen molar-refractivity contribution in [3.8, 4) is 5.75 Å². The van der Waals surface area contributed by atoms with Crippen molar-refractivity contribution in [2.45, 2.75) is 20.3 Å². The van der Waals surface area contributed by atoms with Gasteiger partial charge in [0.15, 0.2) is 17.1 Å². The Morgan fingerprint density at radius 1 is 1.43 bits per heavy atom. The number of amides is 1. The maximum atomic E-state index is 12.2. The van der Waals surface area contributed by atoms with Crippen LogP contribution in [-0.2, 0) is 0 Å². The van der Waals surface area contributed by atoms with Crippen molar-refractivity contribution < 1.29 is 19.1 Å². The van der Waals surface area contributed by atoms with E-state index in [1.165, 1.54) is 0 Å². The SMILES string of the molecule is COc1cccc2cc(C(=O)NCC(C)(C)CCO)oc12. The van der Waals surface area contributed by atoms with Gasteiger partial charge in [0.2, 0.25) is 0 Å². The minimum atomic E-state index is -0.265. The predicted octanol–water partition coefficient (Wildman–Crippen LogP) is 2.58. The fourth-order valence-electron chi connectivity index (χ4n) is 2.11. The summed E-state index contributed by atoms with van der Waals surface area (Å²) in [5.41, 5.74) is 0.411. The molecule has 0 bridgehead atoms. The van der Waals surface area contributed by atoms with Crippen LogP contribution >= 0.6 is 0 Å². The second-order valence-electron chi connectivity index (χ2n) is 5.81. The van der Waals surface area contributed by atoms with E-state index in [0.717, 1.165) is 5.39 Å². The average molecular weight is 291 g/mol. The molecule has 1 aromatic heterocycles. The number of carbonyl (C=O) groups is 1. The normalized spacial score (nSPS) is 11.6. The summed E-state index contributed by atoms with van der Waals surface area (Å²) in [6, 6.07) is 7.21. The van der Waals surface area contributed by atoms with Gasteiger partial charge in [-0.05, 0) is 24.0 Å². The summed E-state index contributed by atoms with van der Waals surface area (Å²) in [5.74, 6) is 0.598. The summed E-state index contributed by atoms with van der Waals surface area (Å²) in [6.45, 7) is 4.56. The molecule has 0 atom stereocenters. The van der Waals surface area contributed by atoms with Gasteiger partial charge in [0.25, 0.3) is 5.91 Å². The van der Waals surface area contributed by atoms with Crippen LogP contribution in [0.1, 0.15) is 30.8 Å². The molecule has 5 heteroatoms. The summed E-state index contributed by atoms with van der Waals surface area (Å²) in [5, 5.41) is 12.7. The molecule has 1 heterocycles. The first-order chi connectivity index (χ1) is 9.96. The van der Waals surface area contributed by atoms with Crippen molar-refractivity contribution >= 4 is 16.9 Å². The number of ether oxygens (including phenoxy) is 1. The van der Waals surface area contributed by atoms with Crippen LogP contribution in [-0.4, -0.2) is 31.3 Å². The number of nitrogens with one attached hydrogen (secondary N) is 1. The molecule has 2 aromatic rings. The minimum absolute atomic E-state index is 0.102. The topological polar surface area (TPSA) is 71.7 Å². The quantitative estimate of drug-likeness (QED) is 0.858. The molecule has 21 heavy (non-hydrogen) atoms. The molecule has 1 amide bonds. The Kier molecular flexibility index (Phi) is 4.53. The first kappa shape index (κ1) is 15.4. The molecule has 2 rings (SSSR count). The van der Waals surface area contributed by atoms with Crippen LogP contribution in [0.5, 0.6) is 5.75 Å². The lowest BCUT2D eigenvalue weighted by molar-refractivity contribution is 0.0902. The van der Waals surface area contributed by atoms with E-state index in [1.807, 2.05) is 26.0 Å². The Hall–Kier alpha value is -2.01. The predicted molar refractivity (Wildman–Crippen MR) is 80.6 cm³/mol. The van der Waals surface area contributed by atoms with Crippen molar-refractivity contribution in [1.29, 1.82) is 0 Å². The number of hydrogen-bond acceptors (Lipinski definition) is 4. The Bertz CT molecular complexity index is 630. The first-order valence-electron chi connectivity index (χ1n) is 6.92. The van der Waals surface area contributed by atoms with Gasteiger partial charge in [0.05, 0.1) is 7.11 Å². The maximum Gasteiger partial charge on any atom is 0.287 e. The zero-order chi connectivity index (χ0) is 15.5. The van der Waals surface area contributed by atoms with Gasteiger partial charge in [-0.2, -0.15) is 0 Å². The first-order valence-corrected chi connectivity index (χ1v) is 6.92. The number of carbonyl (C=O) groups excluding carboxylic acids is 1. The highest BCUT2D eigenvalue weighted by Gasteiger charge is 2.20. The van der Waals surface area contributed by atoms with Crippen LogP contribution in [0.3, 0.4) is 0 Å². The van der Waals surface area contributed by atoms with Crippen LogP contribution in [0.25, 0.3) is 11.0 Å². The molecule has 0 aliphatic rings. The number of rotatable bonds is 6. The Labute approximate surface area is 123 Å². The molecular formula is C16H21NO4. The number of para-hydroxylation sites is 1. The standard InChI is InChI=1S/C16H21NO4/c1-16(2,7-8-18)10-17-15(19)13-9-11-5-4-6-12(20-3)14(11)21-13/h4-6,9,18H,7-8,10H2,1-3H3,(H,17,19). The van der Waals surface area contributed by atoms with Gasteiger partial charge in [0, 0.05) is 18.5 Å². The van der Waals surface area contributed by atoms with E-state index in [0.29, 0.717) is 24.3 Å². The van der Waals surface area contributed by atoms with Crippen molar-refractivity contribution in [2.75, 3.05) is 20.3 Å². The Morgan fingerprint density at radius 2 is 2.19 bits per heavy atom. The third-order valence-corrected chi connectivity index (χ3v) is 3.47.